The summed E-state index contributed by atoms with van der Waals surface area (Å²) in [6.07, 6.45) is 4.30. The first-order valence-electron chi connectivity index (χ1n) is 9.54. The Kier molecular flexibility index (Phi) is 4.47. The van der Waals surface area contributed by atoms with Gasteiger partial charge in [-0.1, -0.05) is 42.5 Å². The second-order valence-electron chi connectivity index (χ2n) is 7.22. The summed E-state index contributed by atoms with van der Waals surface area (Å²) >= 11 is 1.85. The van der Waals surface area contributed by atoms with Crippen molar-refractivity contribution in [2.24, 2.45) is 0 Å². The molecule has 5 heteroatoms. The molecule has 1 fully saturated rings. The molecule has 1 aliphatic rings. The molecule has 2 atom stereocenters. The van der Waals surface area contributed by atoms with Crippen molar-refractivity contribution in [2.45, 2.75) is 25.3 Å². The van der Waals surface area contributed by atoms with E-state index in [4.69, 9.17) is 9.40 Å². The minimum absolute atomic E-state index is 0.537. The number of para-hydroxylation sites is 1. The Hall–Kier alpha value is -2.50. The van der Waals surface area contributed by atoms with Crippen molar-refractivity contribution >= 4 is 21.6 Å². The van der Waals surface area contributed by atoms with Gasteiger partial charge in [0.1, 0.15) is 5.01 Å². The van der Waals surface area contributed by atoms with Crippen molar-refractivity contribution in [3.63, 3.8) is 0 Å². The maximum Gasteiger partial charge on any atom is 0.250 e. The van der Waals surface area contributed by atoms with Gasteiger partial charge in [-0.15, -0.1) is 11.3 Å². The van der Waals surface area contributed by atoms with Gasteiger partial charge >= 0.3 is 0 Å². The highest BCUT2D eigenvalue weighted by Crippen LogP contribution is 2.30. The fourth-order valence-electron chi connectivity index (χ4n) is 3.93. The van der Waals surface area contributed by atoms with E-state index in [-0.39, 0.29) is 0 Å². The first kappa shape index (κ1) is 16.7. The third-order valence-electron chi connectivity index (χ3n) is 5.29. The van der Waals surface area contributed by atoms with Crippen molar-refractivity contribution in [1.82, 2.24) is 9.97 Å². The predicted octanol–water partition coefficient (Wildman–Crippen LogP) is 3.91. The second kappa shape index (κ2) is 7.25. The van der Waals surface area contributed by atoms with Crippen LogP contribution in [0, 0.1) is 0 Å². The van der Waals surface area contributed by atoms with Crippen molar-refractivity contribution < 1.29 is 9.32 Å². The van der Waals surface area contributed by atoms with E-state index in [1.54, 1.807) is 0 Å². The molecule has 0 spiro atoms. The number of rotatable bonds is 4. The van der Waals surface area contributed by atoms with Crippen LogP contribution in [0.15, 0.2) is 65.2 Å². The van der Waals surface area contributed by atoms with Crippen LogP contribution in [0.2, 0.25) is 0 Å². The number of fused-ring (bicyclic) bond motifs is 1. The molecule has 1 N–H and O–H groups in total. The molecule has 1 saturated heterocycles. The molecule has 0 aliphatic carbocycles. The summed E-state index contributed by atoms with van der Waals surface area (Å²) in [4.78, 5) is 10.9. The first-order valence-corrected chi connectivity index (χ1v) is 10.4. The van der Waals surface area contributed by atoms with Gasteiger partial charge in [0, 0.05) is 5.56 Å². The van der Waals surface area contributed by atoms with Gasteiger partial charge in [0.25, 0.3) is 5.89 Å². The maximum atomic E-state index is 6.02. The molecule has 136 valence electrons. The zero-order valence-electron chi connectivity index (χ0n) is 15.1. The van der Waals surface area contributed by atoms with Gasteiger partial charge in [-0.25, -0.2) is 9.97 Å². The number of hydrogen-bond donors (Lipinski definition) is 1. The number of aromatic nitrogens is 2. The number of hydrogen-bond acceptors (Lipinski definition) is 4. The van der Waals surface area contributed by atoms with E-state index in [1.165, 1.54) is 34.0 Å². The Morgan fingerprint density at radius 3 is 2.81 bits per heavy atom. The zero-order chi connectivity index (χ0) is 18.1. The number of benzene rings is 2. The Balaban J connectivity index is 1.29. The van der Waals surface area contributed by atoms with Gasteiger partial charge in [-0.3, -0.25) is 0 Å². The third-order valence-corrected chi connectivity index (χ3v) is 6.49. The number of piperidine rings is 1. The van der Waals surface area contributed by atoms with Gasteiger partial charge in [0.15, 0.2) is 12.3 Å². The summed E-state index contributed by atoms with van der Waals surface area (Å²) in [6, 6.07) is 18.6. The molecule has 0 radical (unpaired) electrons. The maximum absolute atomic E-state index is 6.02. The lowest BCUT2D eigenvalue weighted by Crippen LogP contribution is -3.12. The minimum atomic E-state index is 0.537. The molecule has 3 heterocycles. The molecule has 27 heavy (non-hydrogen) atoms. The summed E-state index contributed by atoms with van der Waals surface area (Å²) in [6.45, 7) is 3.11. The van der Waals surface area contributed by atoms with E-state index in [0.29, 0.717) is 5.92 Å². The van der Waals surface area contributed by atoms with Gasteiger partial charge in [-0.2, -0.15) is 0 Å². The zero-order valence-corrected chi connectivity index (χ0v) is 15.9. The molecule has 0 saturated carbocycles. The van der Waals surface area contributed by atoms with Crippen LogP contribution >= 0.6 is 11.3 Å². The van der Waals surface area contributed by atoms with Crippen molar-refractivity contribution in [1.29, 1.82) is 0 Å². The van der Waals surface area contributed by atoms with Crippen molar-refractivity contribution in [3.05, 3.63) is 71.7 Å². The van der Waals surface area contributed by atoms with E-state index >= 15 is 0 Å². The molecular weight excluding hydrogens is 354 g/mol. The average molecular weight is 377 g/mol. The molecule has 4 aromatic rings. The number of oxazole rings is 1. The lowest BCUT2D eigenvalue weighted by molar-refractivity contribution is -0.921. The quantitative estimate of drug-likeness (QED) is 0.587. The van der Waals surface area contributed by atoms with Gasteiger partial charge in [0.05, 0.1) is 35.4 Å². The fourth-order valence-corrected chi connectivity index (χ4v) is 5.03. The Bertz CT molecular complexity index is 1010. The molecule has 2 aromatic carbocycles. The lowest BCUT2D eigenvalue weighted by Gasteiger charge is -2.27. The molecule has 0 bridgehead atoms. The number of nitrogens with one attached hydrogen (secondary N) is 1. The number of quaternary nitrogens is 1. The van der Waals surface area contributed by atoms with E-state index in [0.717, 1.165) is 35.8 Å². The smallest absolute Gasteiger partial charge is 0.250 e. The molecule has 2 aromatic heterocycles. The summed E-state index contributed by atoms with van der Waals surface area (Å²) in [7, 11) is 0. The fraction of sp³-hybridized carbons (Fsp3) is 0.273. The highest BCUT2D eigenvalue weighted by Gasteiger charge is 2.28. The topological polar surface area (TPSA) is 43.4 Å². The van der Waals surface area contributed by atoms with E-state index in [9.17, 15) is 0 Å². The molecule has 1 aliphatic heterocycles. The predicted molar refractivity (Wildman–Crippen MR) is 108 cm³/mol. The number of thiazole rings is 1. The van der Waals surface area contributed by atoms with E-state index in [2.05, 4.69) is 41.4 Å². The van der Waals surface area contributed by atoms with E-state index in [1.807, 2.05) is 35.7 Å². The van der Waals surface area contributed by atoms with Crippen molar-refractivity contribution in [2.75, 3.05) is 13.1 Å². The number of likely N-dealkylation sites (tertiary alicyclic amines) is 1. The summed E-state index contributed by atoms with van der Waals surface area (Å²) < 4.78 is 7.31. The molecule has 4 nitrogen and oxygen atoms in total. The van der Waals surface area contributed by atoms with Crippen LogP contribution in [0.4, 0.5) is 0 Å². The van der Waals surface area contributed by atoms with Gasteiger partial charge in [0.2, 0.25) is 0 Å². The highest BCUT2D eigenvalue weighted by atomic mass is 32.1. The van der Waals surface area contributed by atoms with Gasteiger partial charge < -0.3 is 9.32 Å². The van der Waals surface area contributed by atoms with Crippen molar-refractivity contribution in [3.8, 4) is 11.3 Å². The minimum Gasteiger partial charge on any atom is -0.435 e. The standard InChI is InChI=1S/C22H21N3OS/c1-2-7-16(8-3-1)19-13-23-21(26-19)15-25-12-6-9-17(14-25)22-24-18-10-4-5-11-20(18)27-22/h1-5,7-8,10-11,13,17H,6,9,12,14-15H2/p+1/t17-/m1/s1. The van der Waals surface area contributed by atoms with Crippen LogP contribution < -0.4 is 4.90 Å². The second-order valence-corrected chi connectivity index (χ2v) is 8.29. The number of nitrogens with zero attached hydrogens (tertiary/aromatic N) is 2. The first-order chi connectivity index (χ1) is 13.3. The van der Waals surface area contributed by atoms with Crippen LogP contribution in [0.1, 0.15) is 29.7 Å². The van der Waals surface area contributed by atoms with Crippen LogP contribution in [0.5, 0.6) is 0 Å². The van der Waals surface area contributed by atoms with Crippen LogP contribution in [0.25, 0.3) is 21.5 Å². The average Bonchev–Trinajstić information content (AvgIpc) is 3.36. The summed E-state index contributed by atoms with van der Waals surface area (Å²) in [5, 5.41) is 1.28. The normalized spacial score (nSPS) is 20.1. The molecule has 5 rings (SSSR count). The monoisotopic (exact) mass is 376 g/mol. The molecule has 1 unspecified atom stereocenters. The largest absolute Gasteiger partial charge is 0.435 e. The molecular formula is C22H22N3OS+. The lowest BCUT2D eigenvalue weighted by atomic mass is 9.99. The Labute approximate surface area is 162 Å². The Morgan fingerprint density at radius 1 is 1.07 bits per heavy atom. The van der Waals surface area contributed by atoms with Crippen LogP contribution in [0.3, 0.4) is 0 Å². The summed E-state index contributed by atoms with van der Waals surface area (Å²) in [5.41, 5.74) is 2.21. The van der Waals surface area contributed by atoms with E-state index < -0.39 is 0 Å². The highest BCUT2D eigenvalue weighted by molar-refractivity contribution is 7.18. The van der Waals surface area contributed by atoms with Gasteiger partial charge in [-0.05, 0) is 25.0 Å². The SMILES string of the molecule is c1ccc(-c2cnc(C[NH+]3CCC[C@@H](c4nc5ccccc5s4)C3)o2)cc1. The summed E-state index contributed by atoms with van der Waals surface area (Å²) in [5.74, 6) is 2.22. The van der Waals surface area contributed by atoms with Crippen LogP contribution in [-0.4, -0.2) is 23.1 Å². The Morgan fingerprint density at radius 2 is 1.93 bits per heavy atom. The third kappa shape index (κ3) is 3.53. The molecule has 0 amide bonds. The van der Waals surface area contributed by atoms with Crippen LogP contribution in [-0.2, 0) is 6.54 Å².